The maximum Gasteiger partial charge on any atom is 0.373 e. The molecule has 0 saturated heterocycles. The standard InChI is InChI=1S/C20H21N5O10S/c1-3-4-7-34-19(29)12-6-5-11(9-21)8-14(12)35-17-15(25(30)31)16(22-13(10-26)18(27)28)23-20(24-17)36(2,32)33/h5-6,8,13,26H,3-4,7,10H2,1-2H3,(H,27,28)(H,22,23,24). The molecule has 0 aliphatic heterocycles. The zero-order valence-corrected chi connectivity index (χ0v) is 19.8. The normalized spacial score (nSPS) is 11.7. The van der Waals surface area contributed by atoms with Crippen molar-refractivity contribution in [3.8, 4) is 17.7 Å². The zero-order valence-electron chi connectivity index (χ0n) is 19.0. The molecule has 1 unspecified atom stereocenters. The summed E-state index contributed by atoms with van der Waals surface area (Å²) in [7, 11) is -4.22. The summed E-state index contributed by atoms with van der Waals surface area (Å²) in [6, 6.07) is 3.51. The molecule has 15 nitrogen and oxygen atoms in total. The van der Waals surface area contributed by atoms with E-state index in [0.29, 0.717) is 12.7 Å². The van der Waals surface area contributed by atoms with E-state index in [4.69, 9.17) is 9.47 Å². The van der Waals surface area contributed by atoms with Crippen molar-refractivity contribution in [2.24, 2.45) is 0 Å². The van der Waals surface area contributed by atoms with Crippen molar-refractivity contribution in [1.29, 1.82) is 5.26 Å². The van der Waals surface area contributed by atoms with Gasteiger partial charge in [0.15, 0.2) is 0 Å². The molecule has 3 N–H and O–H groups in total. The average molecular weight is 523 g/mol. The quantitative estimate of drug-likeness (QED) is 0.117. The lowest BCUT2D eigenvalue weighted by Gasteiger charge is -2.15. The second kappa shape index (κ2) is 11.9. The van der Waals surface area contributed by atoms with Crippen LogP contribution in [0.1, 0.15) is 35.7 Å². The van der Waals surface area contributed by atoms with Crippen LogP contribution in [0.4, 0.5) is 11.5 Å². The number of benzene rings is 1. The van der Waals surface area contributed by atoms with E-state index >= 15 is 0 Å². The van der Waals surface area contributed by atoms with Gasteiger partial charge in [0.1, 0.15) is 17.4 Å². The molecule has 0 bridgehead atoms. The summed E-state index contributed by atoms with van der Waals surface area (Å²) in [4.78, 5) is 41.7. The van der Waals surface area contributed by atoms with Gasteiger partial charge in [0, 0.05) is 6.26 Å². The number of aromatic nitrogens is 2. The van der Waals surface area contributed by atoms with Crippen molar-refractivity contribution in [2.45, 2.75) is 31.0 Å². The molecule has 2 rings (SSSR count). The second-order valence-corrected chi connectivity index (χ2v) is 9.08. The van der Waals surface area contributed by atoms with Crippen molar-refractivity contribution < 1.29 is 42.6 Å². The molecular formula is C20H21N5O10S. The number of nitrogens with one attached hydrogen (secondary N) is 1. The van der Waals surface area contributed by atoms with Crippen LogP contribution < -0.4 is 10.1 Å². The number of carboxylic acid groups (broad SMARTS) is 1. The molecule has 0 saturated carbocycles. The Kier molecular flexibility index (Phi) is 9.19. The molecule has 0 aliphatic rings. The molecule has 36 heavy (non-hydrogen) atoms. The third-order valence-electron chi connectivity index (χ3n) is 4.41. The Morgan fingerprint density at radius 3 is 2.56 bits per heavy atom. The third-order valence-corrected chi connectivity index (χ3v) is 5.25. The first-order chi connectivity index (χ1) is 16.9. The summed E-state index contributed by atoms with van der Waals surface area (Å²) in [5, 5.41) is 40.6. The first kappa shape index (κ1) is 27.9. The third kappa shape index (κ3) is 6.84. The number of rotatable bonds is 12. The number of esters is 1. The van der Waals surface area contributed by atoms with E-state index in [-0.39, 0.29) is 17.7 Å². The second-order valence-electron chi connectivity index (χ2n) is 7.17. The summed E-state index contributed by atoms with van der Waals surface area (Å²) in [6.07, 6.45) is 1.97. The lowest BCUT2D eigenvalue weighted by molar-refractivity contribution is -0.385. The molecule has 0 fully saturated rings. The number of sulfone groups is 1. The maximum atomic E-state index is 12.5. The first-order valence-electron chi connectivity index (χ1n) is 10.2. The molecule has 1 aromatic heterocycles. The molecule has 1 aromatic carbocycles. The van der Waals surface area contributed by atoms with E-state index in [2.05, 4.69) is 15.3 Å². The number of nitrogens with zero attached hydrogens (tertiary/aromatic N) is 4. The van der Waals surface area contributed by atoms with Gasteiger partial charge in [-0.25, -0.2) is 18.0 Å². The number of nitriles is 1. The summed E-state index contributed by atoms with van der Waals surface area (Å²) >= 11 is 0. The van der Waals surface area contributed by atoms with Gasteiger partial charge in [-0.2, -0.15) is 15.2 Å². The van der Waals surface area contributed by atoms with E-state index in [9.17, 15) is 43.6 Å². The maximum absolute atomic E-state index is 12.5. The minimum atomic E-state index is -4.22. The van der Waals surface area contributed by atoms with Gasteiger partial charge in [-0.3, -0.25) is 10.1 Å². The van der Waals surface area contributed by atoms with Crippen LogP contribution in [-0.2, 0) is 19.4 Å². The molecular weight excluding hydrogens is 502 g/mol. The molecule has 16 heteroatoms. The number of carboxylic acids is 1. The number of aliphatic hydroxyl groups excluding tert-OH is 1. The highest BCUT2D eigenvalue weighted by Crippen LogP contribution is 2.37. The summed E-state index contributed by atoms with van der Waals surface area (Å²) in [5.74, 6) is -4.77. The number of hydrogen-bond donors (Lipinski definition) is 3. The number of ether oxygens (including phenoxy) is 2. The minimum absolute atomic E-state index is 0.0141. The van der Waals surface area contributed by atoms with Crippen LogP contribution >= 0.6 is 0 Å². The Hall–Kier alpha value is -4.36. The van der Waals surface area contributed by atoms with Gasteiger partial charge in [0.25, 0.3) is 5.16 Å². The van der Waals surface area contributed by atoms with Crippen LogP contribution in [0.2, 0.25) is 0 Å². The highest BCUT2D eigenvalue weighted by Gasteiger charge is 2.33. The fraction of sp³-hybridized carbons (Fsp3) is 0.350. The summed E-state index contributed by atoms with van der Waals surface area (Å²) < 4.78 is 34.8. The molecule has 0 radical (unpaired) electrons. The smallest absolute Gasteiger partial charge is 0.373 e. The fourth-order valence-electron chi connectivity index (χ4n) is 2.60. The minimum Gasteiger partial charge on any atom is -0.480 e. The number of nitro groups is 1. The van der Waals surface area contributed by atoms with Crippen LogP contribution in [0.15, 0.2) is 23.4 Å². The molecule has 192 valence electrons. The highest BCUT2D eigenvalue weighted by molar-refractivity contribution is 7.90. The molecule has 2 aromatic rings. The van der Waals surface area contributed by atoms with Crippen LogP contribution in [-0.4, -0.2) is 71.0 Å². The average Bonchev–Trinajstić information content (AvgIpc) is 2.81. The van der Waals surface area contributed by atoms with E-state index in [1.165, 1.54) is 12.1 Å². The summed E-state index contributed by atoms with van der Waals surface area (Å²) in [5.41, 5.74) is -1.35. The van der Waals surface area contributed by atoms with Crippen LogP contribution in [0.5, 0.6) is 11.6 Å². The van der Waals surface area contributed by atoms with Gasteiger partial charge < -0.3 is 25.0 Å². The van der Waals surface area contributed by atoms with Crippen molar-refractivity contribution in [3.05, 3.63) is 39.4 Å². The Balaban J connectivity index is 2.73. The molecule has 0 spiro atoms. The Labute approximate surface area is 204 Å². The largest absolute Gasteiger partial charge is 0.480 e. The van der Waals surface area contributed by atoms with Gasteiger partial charge in [-0.15, -0.1) is 0 Å². The number of carbonyl (C=O) groups excluding carboxylic acids is 1. The number of aliphatic carboxylic acids is 1. The van der Waals surface area contributed by atoms with Crippen LogP contribution in [0.25, 0.3) is 0 Å². The van der Waals surface area contributed by atoms with Gasteiger partial charge in [-0.1, -0.05) is 13.3 Å². The monoisotopic (exact) mass is 523 g/mol. The van der Waals surface area contributed by atoms with Crippen molar-refractivity contribution in [3.63, 3.8) is 0 Å². The molecule has 0 amide bonds. The Morgan fingerprint density at radius 1 is 1.33 bits per heavy atom. The van der Waals surface area contributed by atoms with Crippen LogP contribution in [0, 0.1) is 21.4 Å². The molecule has 1 atom stereocenters. The van der Waals surface area contributed by atoms with Crippen molar-refractivity contribution in [1.82, 2.24) is 9.97 Å². The van der Waals surface area contributed by atoms with E-state index in [0.717, 1.165) is 12.5 Å². The van der Waals surface area contributed by atoms with Gasteiger partial charge >= 0.3 is 23.5 Å². The zero-order chi connectivity index (χ0) is 27.0. The van der Waals surface area contributed by atoms with Crippen molar-refractivity contribution >= 4 is 33.3 Å². The van der Waals surface area contributed by atoms with E-state index < -0.39 is 67.6 Å². The SMILES string of the molecule is CCCCOC(=O)c1ccc(C#N)cc1Oc1nc(S(C)(=O)=O)nc(NC(CO)C(=O)O)c1[N+](=O)[O-]. The van der Waals surface area contributed by atoms with E-state index in [1.54, 1.807) is 6.07 Å². The van der Waals surface area contributed by atoms with Crippen LogP contribution in [0.3, 0.4) is 0 Å². The lowest BCUT2D eigenvalue weighted by atomic mass is 10.1. The topological polar surface area (TPSA) is 232 Å². The molecule has 0 aliphatic carbocycles. The number of anilines is 1. The lowest BCUT2D eigenvalue weighted by Crippen LogP contribution is -2.33. The van der Waals surface area contributed by atoms with Gasteiger partial charge in [0.2, 0.25) is 15.7 Å². The van der Waals surface area contributed by atoms with Gasteiger partial charge in [0.05, 0.1) is 29.8 Å². The van der Waals surface area contributed by atoms with E-state index in [1.807, 2.05) is 6.92 Å². The number of aliphatic hydroxyl groups is 1. The highest BCUT2D eigenvalue weighted by atomic mass is 32.2. The number of hydrogen-bond acceptors (Lipinski definition) is 13. The first-order valence-corrected chi connectivity index (χ1v) is 12.1. The Bertz CT molecular complexity index is 1320. The van der Waals surface area contributed by atoms with Crippen molar-refractivity contribution in [2.75, 3.05) is 24.8 Å². The fourth-order valence-corrected chi connectivity index (χ4v) is 3.11. The predicted octanol–water partition coefficient (Wildman–Crippen LogP) is 1.27. The Morgan fingerprint density at radius 2 is 2.03 bits per heavy atom. The number of carbonyl (C=O) groups is 2. The molecule has 1 heterocycles. The predicted molar refractivity (Wildman–Crippen MR) is 120 cm³/mol. The number of unbranched alkanes of at least 4 members (excludes halogenated alkanes) is 1. The summed E-state index contributed by atoms with van der Waals surface area (Å²) in [6.45, 7) is 0.903. The van der Waals surface area contributed by atoms with Gasteiger partial charge in [-0.05, 0) is 24.6 Å².